The van der Waals surface area contributed by atoms with Crippen LogP contribution in [0.25, 0.3) is 11.1 Å². The number of amides is 1. The van der Waals surface area contributed by atoms with E-state index in [1.54, 1.807) is 6.07 Å². The highest BCUT2D eigenvalue weighted by atomic mass is 16.3. The van der Waals surface area contributed by atoms with Crippen molar-refractivity contribution in [2.24, 2.45) is 0 Å². The summed E-state index contributed by atoms with van der Waals surface area (Å²) >= 11 is 0. The van der Waals surface area contributed by atoms with Crippen LogP contribution < -0.4 is 5.32 Å². The van der Waals surface area contributed by atoms with E-state index >= 15 is 0 Å². The minimum atomic E-state index is -0.123. The zero-order valence-corrected chi connectivity index (χ0v) is 11.1. The Morgan fingerprint density at radius 3 is 2.89 bits per heavy atom. The molecule has 19 heavy (non-hydrogen) atoms. The molecule has 0 unspecified atom stereocenters. The Bertz CT molecular complexity index is 597. The highest BCUT2D eigenvalue weighted by molar-refractivity contribution is 5.95. The average molecular weight is 258 g/mol. The van der Waals surface area contributed by atoms with E-state index in [1.165, 1.54) is 19.3 Å². The second kappa shape index (κ2) is 5.03. The van der Waals surface area contributed by atoms with Gasteiger partial charge in [0.1, 0.15) is 5.52 Å². The summed E-state index contributed by atoms with van der Waals surface area (Å²) in [4.78, 5) is 16.5. The van der Waals surface area contributed by atoms with Crippen LogP contribution >= 0.6 is 0 Å². The van der Waals surface area contributed by atoms with E-state index in [0.29, 0.717) is 17.4 Å². The number of pyridine rings is 1. The van der Waals surface area contributed by atoms with E-state index in [-0.39, 0.29) is 5.91 Å². The molecule has 2 heterocycles. The SMILES string of the molecule is Cc1ccc2oc(C(=O)NC3CCCCC3)cc2n1. The lowest BCUT2D eigenvalue weighted by Crippen LogP contribution is -2.35. The maximum atomic E-state index is 12.1. The Balaban J connectivity index is 1.77. The van der Waals surface area contributed by atoms with Crippen molar-refractivity contribution >= 4 is 17.0 Å². The highest BCUT2D eigenvalue weighted by Crippen LogP contribution is 2.20. The van der Waals surface area contributed by atoms with Gasteiger partial charge in [-0.3, -0.25) is 4.79 Å². The molecule has 2 aromatic heterocycles. The molecule has 0 bridgehead atoms. The first-order valence-corrected chi connectivity index (χ1v) is 6.90. The van der Waals surface area contributed by atoms with E-state index in [1.807, 2.05) is 19.1 Å². The Morgan fingerprint density at radius 1 is 1.32 bits per heavy atom. The number of nitrogens with one attached hydrogen (secondary N) is 1. The quantitative estimate of drug-likeness (QED) is 0.900. The molecule has 4 nitrogen and oxygen atoms in total. The Labute approximate surface area is 112 Å². The fourth-order valence-corrected chi connectivity index (χ4v) is 2.64. The number of hydrogen-bond donors (Lipinski definition) is 1. The van der Waals surface area contributed by atoms with Gasteiger partial charge in [-0.15, -0.1) is 0 Å². The van der Waals surface area contributed by atoms with Gasteiger partial charge < -0.3 is 9.73 Å². The molecule has 1 aliphatic rings. The topological polar surface area (TPSA) is 55.1 Å². The number of carbonyl (C=O) groups excluding carboxylic acids is 1. The molecular formula is C15H18N2O2. The molecule has 0 aromatic carbocycles. The first kappa shape index (κ1) is 12.2. The maximum absolute atomic E-state index is 12.1. The molecule has 1 N–H and O–H groups in total. The predicted octanol–water partition coefficient (Wildman–Crippen LogP) is 3.20. The number of fused-ring (bicyclic) bond motifs is 1. The van der Waals surface area contributed by atoms with Crippen molar-refractivity contribution in [3.8, 4) is 0 Å². The molecule has 0 radical (unpaired) electrons. The zero-order valence-electron chi connectivity index (χ0n) is 11.1. The molecule has 1 amide bonds. The molecule has 1 aliphatic carbocycles. The standard InChI is InChI=1S/C15H18N2O2/c1-10-7-8-13-12(16-10)9-14(19-13)15(18)17-11-5-3-2-4-6-11/h7-9,11H,2-6H2,1H3,(H,17,18). The number of rotatable bonds is 2. The summed E-state index contributed by atoms with van der Waals surface area (Å²) in [6.07, 6.45) is 5.82. The van der Waals surface area contributed by atoms with Crippen molar-refractivity contribution in [3.63, 3.8) is 0 Å². The van der Waals surface area contributed by atoms with Gasteiger partial charge in [-0.05, 0) is 31.9 Å². The molecule has 0 spiro atoms. The van der Waals surface area contributed by atoms with Crippen LogP contribution in [-0.2, 0) is 0 Å². The lowest BCUT2D eigenvalue weighted by atomic mass is 9.95. The van der Waals surface area contributed by atoms with Gasteiger partial charge in [0.25, 0.3) is 5.91 Å². The first-order valence-electron chi connectivity index (χ1n) is 6.90. The van der Waals surface area contributed by atoms with Gasteiger partial charge in [0.15, 0.2) is 11.3 Å². The van der Waals surface area contributed by atoms with Crippen LogP contribution in [0, 0.1) is 6.92 Å². The molecule has 3 rings (SSSR count). The lowest BCUT2D eigenvalue weighted by Gasteiger charge is -2.22. The summed E-state index contributed by atoms with van der Waals surface area (Å²) in [7, 11) is 0. The molecule has 0 aliphatic heterocycles. The molecule has 0 atom stereocenters. The molecule has 2 aromatic rings. The zero-order chi connectivity index (χ0) is 13.2. The summed E-state index contributed by atoms with van der Waals surface area (Å²) < 4.78 is 5.55. The van der Waals surface area contributed by atoms with Crippen LogP contribution in [0.1, 0.15) is 48.4 Å². The van der Waals surface area contributed by atoms with E-state index in [9.17, 15) is 4.79 Å². The van der Waals surface area contributed by atoms with E-state index < -0.39 is 0 Å². The van der Waals surface area contributed by atoms with Gasteiger partial charge in [-0.1, -0.05) is 19.3 Å². The van der Waals surface area contributed by atoms with Crippen molar-refractivity contribution in [1.29, 1.82) is 0 Å². The molecule has 100 valence electrons. The summed E-state index contributed by atoms with van der Waals surface area (Å²) in [5.74, 6) is 0.237. The van der Waals surface area contributed by atoms with Crippen molar-refractivity contribution < 1.29 is 9.21 Å². The van der Waals surface area contributed by atoms with Crippen LogP contribution in [0.4, 0.5) is 0 Å². The summed E-state index contributed by atoms with van der Waals surface area (Å²) in [6, 6.07) is 5.76. The Kier molecular flexibility index (Phi) is 3.23. The number of nitrogens with zero attached hydrogens (tertiary/aromatic N) is 1. The largest absolute Gasteiger partial charge is 0.449 e. The van der Waals surface area contributed by atoms with Crippen molar-refractivity contribution in [3.05, 3.63) is 29.7 Å². The number of furan rings is 1. The van der Waals surface area contributed by atoms with Gasteiger partial charge >= 0.3 is 0 Å². The first-order chi connectivity index (χ1) is 9.22. The van der Waals surface area contributed by atoms with Gasteiger partial charge in [-0.25, -0.2) is 4.98 Å². The summed E-state index contributed by atoms with van der Waals surface area (Å²) in [5, 5.41) is 3.05. The van der Waals surface area contributed by atoms with Crippen molar-refractivity contribution in [2.45, 2.75) is 45.1 Å². The molecule has 4 heteroatoms. The van der Waals surface area contributed by atoms with Crippen LogP contribution in [-0.4, -0.2) is 16.9 Å². The summed E-state index contributed by atoms with van der Waals surface area (Å²) in [5.41, 5.74) is 2.33. The van der Waals surface area contributed by atoms with Gasteiger partial charge in [0.05, 0.1) is 0 Å². The van der Waals surface area contributed by atoms with Crippen LogP contribution in [0.15, 0.2) is 22.6 Å². The van der Waals surface area contributed by atoms with Crippen molar-refractivity contribution in [1.82, 2.24) is 10.3 Å². The minimum Gasteiger partial charge on any atom is -0.449 e. The smallest absolute Gasteiger partial charge is 0.287 e. The lowest BCUT2D eigenvalue weighted by molar-refractivity contribution is 0.0902. The molecule has 0 saturated heterocycles. The molecule has 1 saturated carbocycles. The molecule has 1 fully saturated rings. The third kappa shape index (κ3) is 2.62. The normalized spacial score (nSPS) is 16.7. The van der Waals surface area contributed by atoms with Crippen LogP contribution in [0.5, 0.6) is 0 Å². The van der Waals surface area contributed by atoms with E-state index in [0.717, 1.165) is 24.1 Å². The Morgan fingerprint density at radius 2 is 2.11 bits per heavy atom. The number of carbonyl (C=O) groups is 1. The Hall–Kier alpha value is -1.84. The van der Waals surface area contributed by atoms with Crippen molar-refractivity contribution in [2.75, 3.05) is 0 Å². The second-order valence-electron chi connectivity index (χ2n) is 5.26. The number of aromatic nitrogens is 1. The molecular weight excluding hydrogens is 240 g/mol. The third-order valence-corrected chi connectivity index (χ3v) is 3.68. The van der Waals surface area contributed by atoms with Gasteiger partial charge in [0, 0.05) is 17.8 Å². The predicted molar refractivity (Wildman–Crippen MR) is 73.1 cm³/mol. The fourth-order valence-electron chi connectivity index (χ4n) is 2.64. The maximum Gasteiger partial charge on any atom is 0.287 e. The van der Waals surface area contributed by atoms with E-state index in [4.69, 9.17) is 4.42 Å². The number of hydrogen-bond acceptors (Lipinski definition) is 3. The van der Waals surface area contributed by atoms with Crippen LogP contribution in [0.2, 0.25) is 0 Å². The second-order valence-corrected chi connectivity index (χ2v) is 5.26. The third-order valence-electron chi connectivity index (χ3n) is 3.68. The monoisotopic (exact) mass is 258 g/mol. The fraction of sp³-hybridized carbons (Fsp3) is 0.467. The van der Waals surface area contributed by atoms with Gasteiger partial charge in [-0.2, -0.15) is 0 Å². The summed E-state index contributed by atoms with van der Waals surface area (Å²) in [6.45, 7) is 1.92. The van der Waals surface area contributed by atoms with Gasteiger partial charge in [0.2, 0.25) is 0 Å². The van der Waals surface area contributed by atoms with E-state index in [2.05, 4.69) is 10.3 Å². The average Bonchev–Trinajstić information content (AvgIpc) is 2.83. The number of aryl methyl sites for hydroxylation is 1. The van der Waals surface area contributed by atoms with Crippen LogP contribution in [0.3, 0.4) is 0 Å². The highest BCUT2D eigenvalue weighted by Gasteiger charge is 2.19. The minimum absolute atomic E-state index is 0.123.